The highest BCUT2D eigenvalue weighted by Crippen LogP contribution is 2.62. The molecular formula is C33H42ClN8O2P. The number of amides is 1. The molecule has 2 fully saturated rings. The van der Waals surface area contributed by atoms with Gasteiger partial charge in [-0.15, -0.1) is 0 Å². The number of nitrogens with zero attached hydrogens (tertiary/aromatic N) is 6. The smallest absolute Gasteiger partial charge is 0.248 e. The Morgan fingerprint density at radius 1 is 1.11 bits per heavy atom. The second-order valence-electron chi connectivity index (χ2n) is 13.1. The van der Waals surface area contributed by atoms with Crippen molar-refractivity contribution in [3.63, 3.8) is 0 Å². The number of benzene rings is 2. The average molecular weight is 649 g/mol. The van der Waals surface area contributed by atoms with E-state index in [1.165, 1.54) is 19.0 Å². The van der Waals surface area contributed by atoms with E-state index in [-0.39, 0.29) is 5.91 Å². The Labute approximate surface area is 270 Å². The molecule has 0 bridgehead atoms. The molecule has 10 nitrogen and oxygen atoms in total. The summed E-state index contributed by atoms with van der Waals surface area (Å²) in [6.45, 7) is 4.29. The van der Waals surface area contributed by atoms with Gasteiger partial charge < -0.3 is 25.3 Å². The van der Waals surface area contributed by atoms with Crippen LogP contribution in [0.3, 0.4) is 0 Å². The summed E-state index contributed by atoms with van der Waals surface area (Å²) in [6, 6.07) is 14.2. The maximum absolute atomic E-state index is 13.5. The second-order valence-corrected chi connectivity index (χ2v) is 16.1. The number of fused-ring (bicyclic) bond motifs is 1. The van der Waals surface area contributed by atoms with Crippen LogP contribution in [-0.2, 0) is 9.36 Å². The Bertz CT molecular complexity index is 1660. The number of likely N-dealkylation sites (N-methyl/N-ethyl adjacent to an activating group) is 1. The molecule has 0 radical (unpaired) electrons. The minimum Gasteiger partial charge on any atom is -0.370 e. The third-order valence-corrected chi connectivity index (χ3v) is 12.1. The minimum absolute atomic E-state index is 0.184. The van der Waals surface area contributed by atoms with Crippen molar-refractivity contribution in [2.45, 2.75) is 31.7 Å². The monoisotopic (exact) mass is 648 g/mol. The van der Waals surface area contributed by atoms with Crippen LogP contribution in [0, 0.1) is 5.41 Å². The molecular weight excluding hydrogens is 607 g/mol. The SMILES string of the molecule is CN(C)C/C=C/C(=O)Nc1cc(Nc2ncc(Cl)c(N3c4ccccc4P3(C)=O)n2)ccc1N1CCC2(CC1)CC(N(C)C)C2. The van der Waals surface area contributed by atoms with E-state index in [1.54, 1.807) is 17.4 Å². The first-order chi connectivity index (χ1) is 21.5. The largest absolute Gasteiger partial charge is 0.370 e. The zero-order chi connectivity index (χ0) is 31.9. The Morgan fingerprint density at radius 2 is 1.84 bits per heavy atom. The first kappa shape index (κ1) is 31.5. The summed E-state index contributed by atoms with van der Waals surface area (Å²) >= 11 is 6.53. The first-order valence-electron chi connectivity index (χ1n) is 15.4. The number of anilines is 6. The molecule has 1 aromatic heterocycles. The van der Waals surface area contributed by atoms with E-state index < -0.39 is 7.29 Å². The van der Waals surface area contributed by atoms with Crippen molar-refractivity contribution >= 4 is 64.6 Å². The van der Waals surface area contributed by atoms with E-state index >= 15 is 0 Å². The molecule has 1 spiro atoms. The van der Waals surface area contributed by atoms with Gasteiger partial charge in [0.15, 0.2) is 5.82 Å². The zero-order valence-electron chi connectivity index (χ0n) is 26.6. The lowest BCUT2D eigenvalue weighted by Gasteiger charge is -2.54. The third-order valence-electron chi connectivity index (χ3n) is 9.35. The Balaban J connectivity index is 1.23. The van der Waals surface area contributed by atoms with Gasteiger partial charge in [-0.05, 0) is 89.6 Å². The summed E-state index contributed by atoms with van der Waals surface area (Å²) in [5, 5.41) is 7.52. The first-order valence-corrected chi connectivity index (χ1v) is 17.9. The predicted molar refractivity (Wildman–Crippen MR) is 185 cm³/mol. The van der Waals surface area contributed by atoms with Crippen LogP contribution in [0.5, 0.6) is 0 Å². The Hall–Kier alpha value is -3.43. The number of hydrogen-bond donors (Lipinski definition) is 2. The standard InChI is InChI=1S/C33H42ClN8O2P/c1-39(2)16-8-11-30(43)37-26-19-23(12-13-27(26)41-17-14-33(15-18-41)20-24(21-33)40(3)4)36-32-35-22-25(34)31(38-32)42-28-9-6-7-10-29(28)45(42,5)44/h6-13,19,22,24H,14-18,20-21H2,1-5H3,(H,37,43)(H,35,36,38)/b11-8+. The molecule has 1 aliphatic carbocycles. The van der Waals surface area contributed by atoms with Crippen molar-refractivity contribution in [3.8, 4) is 0 Å². The van der Waals surface area contributed by atoms with Gasteiger partial charge in [0.05, 0.1) is 28.6 Å². The quantitative estimate of drug-likeness (QED) is 0.216. The van der Waals surface area contributed by atoms with Crippen LogP contribution in [0.1, 0.15) is 25.7 Å². The summed E-state index contributed by atoms with van der Waals surface area (Å²) in [4.78, 5) is 28.8. The molecule has 45 heavy (non-hydrogen) atoms. The Kier molecular flexibility index (Phi) is 8.69. The summed E-state index contributed by atoms with van der Waals surface area (Å²) in [5.41, 5.74) is 3.70. The highest BCUT2D eigenvalue weighted by Gasteiger charge is 2.47. The number of aromatic nitrogens is 2. The van der Waals surface area contributed by atoms with Crippen molar-refractivity contribution < 1.29 is 9.36 Å². The van der Waals surface area contributed by atoms with E-state index in [0.29, 0.717) is 40.5 Å². The summed E-state index contributed by atoms with van der Waals surface area (Å²) in [5.74, 6) is 0.524. The molecule has 2 aromatic carbocycles. The summed E-state index contributed by atoms with van der Waals surface area (Å²) in [7, 11) is 5.44. The van der Waals surface area contributed by atoms with Crippen molar-refractivity contribution in [3.05, 3.63) is 65.8 Å². The molecule has 3 aromatic rings. The molecule has 3 aliphatic rings. The Morgan fingerprint density at radius 3 is 2.56 bits per heavy atom. The molecule has 1 saturated heterocycles. The molecule has 3 heterocycles. The fourth-order valence-electron chi connectivity index (χ4n) is 6.72. The van der Waals surface area contributed by atoms with Gasteiger partial charge in [0.2, 0.25) is 19.1 Å². The molecule has 12 heteroatoms. The maximum atomic E-state index is 13.5. The lowest BCUT2D eigenvalue weighted by molar-refractivity contribution is -0.111. The van der Waals surface area contributed by atoms with Gasteiger partial charge in [-0.3, -0.25) is 14.0 Å². The molecule has 6 rings (SSSR count). The molecule has 2 N–H and O–H groups in total. The lowest BCUT2D eigenvalue weighted by Crippen LogP contribution is -2.53. The predicted octanol–water partition coefficient (Wildman–Crippen LogP) is 5.93. The highest BCUT2D eigenvalue weighted by atomic mass is 35.5. The number of carbonyl (C=O) groups excluding carboxylic acids is 1. The molecule has 238 valence electrons. The van der Waals surface area contributed by atoms with Crippen molar-refractivity contribution in [1.29, 1.82) is 0 Å². The summed E-state index contributed by atoms with van der Waals surface area (Å²) < 4.78 is 15.2. The van der Waals surface area contributed by atoms with E-state index in [0.717, 1.165) is 48.3 Å². The zero-order valence-corrected chi connectivity index (χ0v) is 28.3. The van der Waals surface area contributed by atoms with E-state index in [4.69, 9.17) is 11.6 Å². The number of piperidine rings is 1. The van der Waals surface area contributed by atoms with Crippen LogP contribution in [0.25, 0.3) is 0 Å². The molecule has 1 atom stereocenters. The lowest BCUT2D eigenvalue weighted by atomic mass is 9.60. The molecule has 1 saturated carbocycles. The fourth-order valence-corrected chi connectivity index (χ4v) is 9.09. The minimum atomic E-state index is -2.83. The van der Waals surface area contributed by atoms with Crippen molar-refractivity contribution in [2.75, 3.05) is 74.7 Å². The van der Waals surface area contributed by atoms with Crippen LogP contribution in [-0.4, -0.2) is 86.2 Å². The number of hydrogen-bond acceptors (Lipinski definition) is 8. The number of rotatable bonds is 9. The van der Waals surface area contributed by atoms with Crippen molar-refractivity contribution in [2.24, 2.45) is 5.41 Å². The van der Waals surface area contributed by atoms with E-state index in [9.17, 15) is 9.36 Å². The fraction of sp³-hybridized carbons (Fsp3) is 0.424. The van der Waals surface area contributed by atoms with Gasteiger partial charge >= 0.3 is 0 Å². The van der Waals surface area contributed by atoms with Gasteiger partial charge in [-0.2, -0.15) is 4.98 Å². The second kappa shape index (κ2) is 12.4. The van der Waals surface area contributed by atoms with Crippen LogP contribution in [0.4, 0.5) is 34.5 Å². The molecule has 1 unspecified atom stereocenters. The van der Waals surface area contributed by atoms with Crippen LogP contribution < -0.4 is 25.5 Å². The van der Waals surface area contributed by atoms with Crippen LogP contribution in [0.15, 0.2) is 60.8 Å². The normalized spacial score (nSPS) is 20.8. The number of halogens is 1. The van der Waals surface area contributed by atoms with E-state index in [2.05, 4.69) is 44.5 Å². The van der Waals surface area contributed by atoms with Gasteiger partial charge in [-0.1, -0.05) is 29.8 Å². The van der Waals surface area contributed by atoms with Crippen LogP contribution in [0.2, 0.25) is 5.02 Å². The van der Waals surface area contributed by atoms with Crippen molar-refractivity contribution in [1.82, 2.24) is 19.8 Å². The topological polar surface area (TPSA) is 96.9 Å². The van der Waals surface area contributed by atoms with Gasteiger partial charge in [0, 0.05) is 44.1 Å². The number of para-hydroxylation sites is 1. The van der Waals surface area contributed by atoms with Gasteiger partial charge in [0.25, 0.3) is 0 Å². The third kappa shape index (κ3) is 6.34. The van der Waals surface area contributed by atoms with Gasteiger partial charge in [0.1, 0.15) is 5.02 Å². The van der Waals surface area contributed by atoms with Gasteiger partial charge in [-0.25, -0.2) is 4.98 Å². The maximum Gasteiger partial charge on any atom is 0.248 e. The highest BCUT2D eigenvalue weighted by molar-refractivity contribution is 7.75. The van der Waals surface area contributed by atoms with Crippen LogP contribution >= 0.6 is 18.9 Å². The average Bonchev–Trinajstić information content (AvgIpc) is 2.97. The number of carbonyl (C=O) groups is 1. The number of nitrogens with one attached hydrogen (secondary N) is 2. The molecule has 2 aliphatic heterocycles. The van der Waals surface area contributed by atoms with E-state index in [1.807, 2.05) is 67.5 Å². The molecule has 1 amide bonds. The summed E-state index contributed by atoms with van der Waals surface area (Å²) in [6.07, 6.45) is 9.76.